The monoisotopic (exact) mass is 308 g/mol. The highest BCUT2D eigenvalue weighted by molar-refractivity contribution is 5.73. The fourth-order valence-electron chi connectivity index (χ4n) is 5.69. The van der Waals surface area contributed by atoms with Crippen LogP contribution in [0.4, 0.5) is 0 Å². The minimum atomic E-state index is -0.560. The predicted molar refractivity (Wildman–Crippen MR) is 86.2 cm³/mol. The maximum absolute atomic E-state index is 12.8. The van der Waals surface area contributed by atoms with Crippen molar-refractivity contribution in [3.63, 3.8) is 0 Å². The van der Waals surface area contributed by atoms with Crippen molar-refractivity contribution < 1.29 is 14.6 Å². The van der Waals surface area contributed by atoms with Gasteiger partial charge in [0.1, 0.15) is 5.60 Å². The van der Waals surface area contributed by atoms with Crippen molar-refractivity contribution >= 4 is 5.97 Å². The summed E-state index contributed by atoms with van der Waals surface area (Å²) in [5, 5.41) is 10.8. The van der Waals surface area contributed by atoms with Crippen molar-refractivity contribution in [3.05, 3.63) is 0 Å². The average Bonchev–Trinajstić information content (AvgIpc) is 2.31. The molecule has 126 valence electrons. The molecule has 0 aromatic carbocycles. The van der Waals surface area contributed by atoms with Gasteiger partial charge in [-0.25, -0.2) is 0 Å². The van der Waals surface area contributed by atoms with E-state index >= 15 is 0 Å². The topological polar surface area (TPSA) is 46.5 Å². The second kappa shape index (κ2) is 5.51. The maximum atomic E-state index is 12.8. The Morgan fingerprint density at radius 1 is 1.14 bits per heavy atom. The number of rotatable bonds is 5. The van der Waals surface area contributed by atoms with E-state index in [-0.39, 0.29) is 17.5 Å². The summed E-state index contributed by atoms with van der Waals surface area (Å²) in [4.78, 5) is 12.8. The van der Waals surface area contributed by atoms with Crippen LogP contribution in [-0.2, 0) is 9.53 Å². The Hall–Kier alpha value is -0.570. The summed E-state index contributed by atoms with van der Waals surface area (Å²) in [5.41, 5.74) is -0.921. The van der Waals surface area contributed by atoms with Crippen LogP contribution in [0.3, 0.4) is 0 Å². The maximum Gasteiger partial charge on any atom is 0.309 e. The Morgan fingerprint density at radius 3 is 2.18 bits per heavy atom. The zero-order valence-electron chi connectivity index (χ0n) is 14.6. The van der Waals surface area contributed by atoms with Crippen molar-refractivity contribution in [3.8, 4) is 0 Å². The Kier molecular flexibility index (Phi) is 4.08. The van der Waals surface area contributed by atoms with E-state index in [0.29, 0.717) is 30.1 Å². The summed E-state index contributed by atoms with van der Waals surface area (Å²) >= 11 is 0. The lowest BCUT2D eigenvalue weighted by atomic mass is 9.52. The molecule has 3 unspecified atom stereocenters. The van der Waals surface area contributed by atoms with Crippen molar-refractivity contribution in [1.29, 1.82) is 0 Å². The van der Waals surface area contributed by atoms with Gasteiger partial charge < -0.3 is 9.84 Å². The Morgan fingerprint density at radius 2 is 1.73 bits per heavy atom. The van der Waals surface area contributed by atoms with Gasteiger partial charge in [0.05, 0.1) is 11.5 Å². The smallest absolute Gasteiger partial charge is 0.309 e. The summed E-state index contributed by atoms with van der Waals surface area (Å²) < 4.78 is 6.14. The van der Waals surface area contributed by atoms with Gasteiger partial charge in [0.25, 0.3) is 0 Å². The van der Waals surface area contributed by atoms with Gasteiger partial charge >= 0.3 is 5.97 Å². The highest BCUT2D eigenvalue weighted by atomic mass is 16.6. The molecule has 0 radical (unpaired) electrons. The van der Waals surface area contributed by atoms with Gasteiger partial charge in [-0.1, -0.05) is 27.7 Å². The number of aliphatic hydroxyl groups is 1. The van der Waals surface area contributed by atoms with Crippen molar-refractivity contribution in [2.24, 2.45) is 29.6 Å². The molecule has 4 aliphatic carbocycles. The molecule has 0 aromatic heterocycles. The van der Waals surface area contributed by atoms with Gasteiger partial charge in [-0.15, -0.1) is 0 Å². The van der Waals surface area contributed by atoms with Crippen LogP contribution in [0.25, 0.3) is 0 Å². The van der Waals surface area contributed by atoms with Crippen LogP contribution in [0.2, 0.25) is 0 Å². The van der Waals surface area contributed by atoms with E-state index in [0.717, 1.165) is 32.1 Å². The molecule has 0 saturated heterocycles. The first-order valence-electron chi connectivity index (χ1n) is 9.15. The van der Waals surface area contributed by atoms with Crippen molar-refractivity contribution in [1.82, 2.24) is 0 Å². The van der Waals surface area contributed by atoms with Crippen LogP contribution in [0.15, 0.2) is 0 Å². The van der Waals surface area contributed by atoms with Gasteiger partial charge in [-0.3, -0.25) is 4.79 Å². The molecule has 3 nitrogen and oxygen atoms in total. The summed E-state index contributed by atoms with van der Waals surface area (Å²) in [5.74, 6) is 1.90. The SMILES string of the molecule is CC(C)CC(C(=O)OC12CC3CC(CC(O)(C3)C1)C2)C(C)C. The van der Waals surface area contributed by atoms with Crippen molar-refractivity contribution in [2.45, 2.75) is 83.8 Å². The average molecular weight is 308 g/mol. The molecule has 4 rings (SSSR count). The van der Waals surface area contributed by atoms with Crippen LogP contribution in [0.1, 0.15) is 72.6 Å². The van der Waals surface area contributed by atoms with Crippen LogP contribution in [-0.4, -0.2) is 22.3 Å². The van der Waals surface area contributed by atoms with E-state index in [2.05, 4.69) is 27.7 Å². The third kappa shape index (κ3) is 3.06. The summed E-state index contributed by atoms with van der Waals surface area (Å²) in [6.45, 7) is 8.55. The third-order valence-corrected chi connectivity index (χ3v) is 6.13. The number of esters is 1. The molecular weight excluding hydrogens is 276 g/mol. The Bertz CT molecular complexity index is 426. The van der Waals surface area contributed by atoms with Gasteiger partial charge in [-0.2, -0.15) is 0 Å². The molecule has 0 spiro atoms. The van der Waals surface area contributed by atoms with Crippen LogP contribution < -0.4 is 0 Å². The first-order chi connectivity index (χ1) is 10.2. The Labute approximate surface area is 134 Å². The summed E-state index contributed by atoms with van der Waals surface area (Å²) in [6, 6.07) is 0. The van der Waals surface area contributed by atoms with Gasteiger partial charge in [0.2, 0.25) is 0 Å². The van der Waals surface area contributed by atoms with Gasteiger partial charge in [-0.05, 0) is 62.2 Å². The molecule has 22 heavy (non-hydrogen) atoms. The van der Waals surface area contributed by atoms with Crippen molar-refractivity contribution in [2.75, 3.05) is 0 Å². The molecule has 0 aromatic rings. The van der Waals surface area contributed by atoms with Gasteiger partial charge in [0.15, 0.2) is 0 Å². The lowest BCUT2D eigenvalue weighted by Gasteiger charge is -2.59. The lowest BCUT2D eigenvalue weighted by Crippen LogP contribution is -2.60. The van der Waals surface area contributed by atoms with E-state index in [4.69, 9.17) is 4.74 Å². The second-order valence-electron chi connectivity index (χ2n) is 9.27. The molecule has 0 aliphatic heterocycles. The fourth-order valence-corrected chi connectivity index (χ4v) is 5.69. The zero-order valence-corrected chi connectivity index (χ0v) is 14.6. The van der Waals surface area contributed by atoms with E-state index in [1.54, 1.807) is 0 Å². The molecule has 3 atom stereocenters. The summed E-state index contributed by atoms with van der Waals surface area (Å²) in [7, 11) is 0. The fraction of sp³-hybridized carbons (Fsp3) is 0.947. The minimum absolute atomic E-state index is 0.0114. The van der Waals surface area contributed by atoms with Crippen LogP contribution in [0.5, 0.6) is 0 Å². The Balaban J connectivity index is 1.73. The standard InChI is InChI=1S/C19H32O3/c1-12(2)5-16(13(3)4)17(20)22-19-9-14-6-15(10-19)8-18(21,7-14)11-19/h12-16,21H,5-11H2,1-4H3. The number of carbonyl (C=O) groups excluding carboxylic acids is 1. The largest absolute Gasteiger partial charge is 0.459 e. The van der Waals surface area contributed by atoms with E-state index in [1.165, 1.54) is 6.42 Å². The van der Waals surface area contributed by atoms with E-state index in [1.807, 2.05) is 0 Å². The zero-order chi connectivity index (χ0) is 16.1. The van der Waals surface area contributed by atoms with Gasteiger partial charge in [0, 0.05) is 6.42 Å². The van der Waals surface area contributed by atoms with E-state index in [9.17, 15) is 9.90 Å². The minimum Gasteiger partial charge on any atom is -0.459 e. The van der Waals surface area contributed by atoms with Crippen LogP contribution in [0, 0.1) is 29.6 Å². The molecule has 4 aliphatic rings. The number of ether oxygens (including phenoxy) is 1. The third-order valence-electron chi connectivity index (χ3n) is 6.13. The molecule has 3 heteroatoms. The number of hydrogen-bond acceptors (Lipinski definition) is 3. The summed E-state index contributed by atoms with van der Waals surface area (Å²) in [6.07, 6.45) is 6.58. The molecule has 1 N–H and O–H groups in total. The molecule has 4 saturated carbocycles. The highest BCUT2D eigenvalue weighted by Gasteiger charge is 2.59. The molecule has 4 fully saturated rings. The first kappa shape index (κ1) is 16.3. The number of hydrogen-bond donors (Lipinski definition) is 1. The second-order valence-corrected chi connectivity index (χ2v) is 9.27. The quantitative estimate of drug-likeness (QED) is 0.783. The predicted octanol–water partition coefficient (Wildman–Crippen LogP) is 3.93. The lowest BCUT2D eigenvalue weighted by molar-refractivity contribution is -0.223. The number of carbonyl (C=O) groups is 1. The molecular formula is C19H32O3. The molecule has 0 heterocycles. The first-order valence-corrected chi connectivity index (χ1v) is 9.15. The highest BCUT2D eigenvalue weighted by Crippen LogP contribution is 2.59. The van der Waals surface area contributed by atoms with Crippen LogP contribution >= 0.6 is 0 Å². The molecule has 0 amide bonds. The van der Waals surface area contributed by atoms with E-state index < -0.39 is 5.60 Å². The molecule has 4 bridgehead atoms. The normalized spacial score (nSPS) is 41.2.